The molecule has 0 aromatic carbocycles. The summed E-state index contributed by atoms with van der Waals surface area (Å²) in [5.74, 6) is 0.656. The molecule has 0 spiro atoms. The second-order valence-corrected chi connectivity index (χ2v) is 3.99. The Labute approximate surface area is 90.4 Å². The molecule has 0 bridgehead atoms. The van der Waals surface area contributed by atoms with Crippen LogP contribution in [-0.2, 0) is 0 Å². The van der Waals surface area contributed by atoms with E-state index >= 15 is 0 Å². The van der Waals surface area contributed by atoms with E-state index in [2.05, 4.69) is 28.1 Å². The van der Waals surface area contributed by atoms with E-state index in [4.69, 9.17) is 5.26 Å². The summed E-state index contributed by atoms with van der Waals surface area (Å²) in [5.41, 5.74) is 1.39. The number of hydrogen-bond donors (Lipinski definition) is 0. The van der Waals surface area contributed by atoms with Crippen LogP contribution in [0.5, 0.6) is 0 Å². The zero-order chi connectivity index (χ0) is 10.5. The highest BCUT2D eigenvalue weighted by atomic mass is 15.1. The highest BCUT2D eigenvalue weighted by molar-refractivity contribution is 5.16. The maximum Gasteiger partial charge on any atom is 0.0865 e. The molecule has 2 heterocycles. The average Bonchev–Trinajstić information content (AvgIpc) is 2.32. The molecule has 0 unspecified atom stereocenters. The summed E-state index contributed by atoms with van der Waals surface area (Å²) in [6.07, 6.45) is 6.03. The molecule has 0 amide bonds. The van der Waals surface area contributed by atoms with E-state index in [1.807, 2.05) is 12.4 Å². The first-order valence-electron chi connectivity index (χ1n) is 5.39. The number of hydrogen-bond acceptors (Lipinski definition) is 3. The molecule has 0 N–H and O–H groups in total. The lowest BCUT2D eigenvalue weighted by Gasteiger charge is -2.30. The Bertz CT molecular complexity index is 334. The van der Waals surface area contributed by atoms with E-state index in [1.165, 1.54) is 5.56 Å². The minimum atomic E-state index is 0.572. The van der Waals surface area contributed by atoms with Gasteiger partial charge >= 0.3 is 0 Å². The van der Waals surface area contributed by atoms with Crippen molar-refractivity contribution in [2.24, 2.45) is 0 Å². The molecule has 78 valence electrons. The van der Waals surface area contributed by atoms with Gasteiger partial charge in [-0.05, 0) is 49.5 Å². The minimum Gasteiger partial charge on any atom is -0.291 e. The normalized spacial score (nSPS) is 18.6. The Morgan fingerprint density at radius 3 is 2.60 bits per heavy atom. The second kappa shape index (κ2) is 4.90. The predicted molar refractivity (Wildman–Crippen MR) is 58.3 cm³/mol. The van der Waals surface area contributed by atoms with Crippen LogP contribution < -0.4 is 0 Å². The van der Waals surface area contributed by atoms with Crippen molar-refractivity contribution in [3.8, 4) is 6.07 Å². The molecule has 2 rings (SSSR count). The first-order valence-corrected chi connectivity index (χ1v) is 5.39. The van der Waals surface area contributed by atoms with Gasteiger partial charge in [-0.3, -0.25) is 9.88 Å². The number of nitriles is 1. The van der Waals surface area contributed by atoms with Gasteiger partial charge in [-0.1, -0.05) is 0 Å². The van der Waals surface area contributed by atoms with Crippen LogP contribution >= 0.6 is 0 Å². The Balaban J connectivity index is 1.92. The van der Waals surface area contributed by atoms with E-state index in [0.717, 1.165) is 25.9 Å². The highest BCUT2D eigenvalue weighted by Gasteiger charge is 2.19. The third kappa shape index (κ3) is 2.54. The Morgan fingerprint density at radius 2 is 2.00 bits per heavy atom. The molecular weight excluding hydrogens is 186 g/mol. The lowest BCUT2D eigenvalue weighted by molar-refractivity contribution is 0.235. The van der Waals surface area contributed by atoms with Crippen molar-refractivity contribution >= 4 is 0 Å². The predicted octanol–water partition coefficient (Wildman–Crippen LogP) is 1.78. The molecule has 3 heteroatoms. The van der Waals surface area contributed by atoms with Crippen LogP contribution in [0, 0.1) is 11.3 Å². The third-order valence-electron chi connectivity index (χ3n) is 3.06. The van der Waals surface area contributed by atoms with Gasteiger partial charge in [-0.15, -0.1) is 0 Å². The molecule has 1 fully saturated rings. The molecule has 1 aromatic heterocycles. The summed E-state index contributed by atoms with van der Waals surface area (Å²) in [5, 5.41) is 8.60. The summed E-state index contributed by atoms with van der Waals surface area (Å²) >= 11 is 0. The monoisotopic (exact) mass is 201 g/mol. The zero-order valence-electron chi connectivity index (χ0n) is 8.76. The molecule has 3 nitrogen and oxygen atoms in total. The maximum absolute atomic E-state index is 8.60. The minimum absolute atomic E-state index is 0.572. The highest BCUT2D eigenvalue weighted by Crippen LogP contribution is 2.26. The van der Waals surface area contributed by atoms with Gasteiger partial charge in [-0.25, -0.2) is 0 Å². The molecule has 0 radical (unpaired) electrons. The Morgan fingerprint density at radius 1 is 1.33 bits per heavy atom. The Hall–Kier alpha value is -1.40. The summed E-state index contributed by atoms with van der Waals surface area (Å²) in [6, 6.07) is 6.41. The van der Waals surface area contributed by atoms with Crippen LogP contribution in [0.15, 0.2) is 24.5 Å². The van der Waals surface area contributed by atoms with Gasteiger partial charge in [0, 0.05) is 12.4 Å². The summed E-state index contributed by atoms with van der Waals surface area (Å²) in [6.45, 7) is 2.66. The van der Waals surface area contributed by atoms with Crippen LogP contribution in [0.25, 0.3) is 0 Å². The Kier molecular flexibility index (Phi) is 3.31. The fraction of sp³-hybridized carbons (Fsp3) is 0.500. The molecule has 1 aliphatic heterocycles. The van der Waals surface area contributed by atoms with Crippen LogP contribution in [0.1, 0.15) is 24.3 Å². The van der Waals surface area contributed by atoms with Gasteiger partial charge in [0.1, 0.15) is 0 Å². The average molecular weight is 201 g/mol. The van der Waals surface area contributed by atoms with E-state index in [0.29, 0.717) is 12.5 Å². The van der Waals surface area contributed by atoms with E-state index < -0.39 is 0 Å². The number of pyridine rings is 1. The topological polar surface area (TPSA) is 39.9 Å². The fourth-order valence-corrected chi connectivity index (χ4v) is 2.16. The first kappa shape index (κ1) is 10.1. The molecule has 0 aliphatic carbocycles. The largest absolute Gasteiger partial charge is 0.291 e. The van der Waals surface area contributed by atoms with Crippen molar-refractivity contribution in [2.45, 2.75) is 18.8 Å². The lowest BCUT2D eigenvalue weighted by Crippen LogP contribution is -2.33. The van der Waals surface area contributed by atoms with Crippen LogP contribution in [-0.4, -0.2) is 29.5 Å². The van der Waals surface area contributed by atoms with Crippen LogP contribution in [0.3, 0.4) is 0 Å². The smallest absolute Gasteiger partial charge is 0.0865 e. The standard InChI is InChI=1S/C12H15N3/c13-5-10-15-8-3-12(4-9-15)11-1-6-14-7-2-11/h1-2,6-7,12H,3-4,8-10H2. The summed E-state index contributed by atoms with van der Waals surface area (Å²) < 4.78 is 0. The van der Waals surface area contributed by atoms with Gasteiger partial charge in [0.25, 0.3) is 0 Å². The first-order chi connectivity index (χ1) is 7.40. The number of rotatable bonds is 2. The molecule has 0 atom stereocenters. The van der Waals surface area contributed by atoms with Crippen molar-refractivity contribution < 1.29 is 0 Å². The SMILES string of the molecule is N#CCN1CCC(c2ccncc2)CC1. The second-order valence-electron chi connectivity index (χ2n) is 3.99. The van der Waals surface area contributed by atoms with Crippen molar-refractivity contribution in [1.29, 1.82) is 5.26 Å². The van der Waals surface area contributed by atoms with E-state index in [1.54, 1.807) is 0 Å². The number of aromatic nitrogens is 1. The van der Waals surface area contributed by atoms with E-state index in [-0.39, 0.29) is 0 Å². The maximum atomic E-state index is 8.60. The van der Waals surface area contributed by atoms with Crippen molar-refractivity contribution in [3.63, 3.8) is 0 Å². The molecule has 1 saturated heterocycles. The number of nitrogens with zero attached hydrogens (tertiary/aromatic N) is 3. The van der Waals surface area contributed by atoms with Crippen molar-refractivity contribution in [1.82, 2.24) is 9.88 Å². The quantitative estimate of drug-likeness (QED) is 0.685. The summed E-state index contributed by atoms with van der Waals surface area (Å²) in [7, 11) is 0. The van der Waals surface area contributed by atoms with Gasteiger partial charge in [0.15, 0.2) is 0 Å². The molecule has 1 aromatic rings. The molecule has 15 heavy (non-hydrogen) atoms. The molecular formula is C12H15N3. The number of piperidine rings is 1. The zero-order valence-corrected chi connectivity index (χ0v) is 8.76. The number of likely N-dealkylation sites (tertiary alicyclic amines) is 1. The van der Waals surface area contributed by atoms with Crippen LogP contribution in [0.4, 0.5) is 0 Å². The fourth-order valence-electron chi connectivity index (χ4n) is 2.16. The van der Waals surface area contributed by atoms with Crippen molar-refractivity contribution in [2.75, 3.05) is 19.6 Å². The van der Waals surface area contributed by atoms with Crippen molar-refractivity contribution in [3.05, 3.63) is 30.1 Å². The van der Waals surface area contributed by atoms with Crippen LogP contribution in [0.2, 0.25) is 0 Å². The van der Waals surface area contributed by atoms with Gasteiger partial charge in [0.05, 0.1) is 12.6 Å². The lowest BCUT2D eigenvalue weighted by atomic mass is 9.90. The summed E-state index contributed by atoms with van der Waals surface area (Å²) in [4.78, 5) is 6.25. The van der Waals surface area contributed by atoms with Gasteiger partial charge in [0.2, 0.25) is 0 Å². The third-order valence-corrected chi connectivity index (χ3v) is 3.06. The van der Waals surface area contributed by atoms with Gasteiger partial charge in [-0.2, -0.15) is 5.26 Å². The van der Waals surface area contributed by atoms with Gasteiger partial charge < -0.3 is 0 Å². The molecule has 1 aliphatic rings. The molecule has 0 saturated carbocycles. The van der Waals surface area contributed by atoms with E-state index in [9.17, 15) is 0 Å².